The van der Waals surface area contributed by atoms with Gasteiger partial charge in [0.15, 0.2) is 23.6 Å². The lowest BCUT2D eigenvalue weighted by atomic mass is 10.1. The minimum Gasteiger partial charge on any atom is -0.507 e. The molecule has 2 aromatic carbocycles. The number of imidazole rings is 2. The van der Waals surface area contributed by atoms with Gasteiger partial charge in [0.05, 0.1) is 17.2 Å². The molecule has 42 heavy (non-hydrogen) atoms. The van der Waals surface area contributed by atoms with Crippen LogP contribution in [0.3, 0.4) is 0 Å². The predicted molar refractivity (Wildman–Crippen MR) is 156 cm³/mol. The summed E-state index contributed by atoms with van der Waals surface area (Å²) >= 11 is 0. The number of aromatic nitrogens is 6. The van der Waals surface area contributed by atoms with Crippen LogP contribution in [0.2, 0.25) is 0 Å². The number of hydrogen-bond donors (Lipinski definition) is 4. The Kier molecular flexibility index (Phi) is 5.97. The molecule has 11 nitrogen and oxygen atoms in total. The number of anilines is 1. The lowest BCUT2D eigenvalue weighted by molar-refractivity contribution is 0.0936. The molecule has 0 unspecified atom stereocenters. The number of carbonyl (C=O) groups is 2. The number of rotatable bonds is 6. The molecule has 0 bridgehead atoms. The van der Waals surface area contributed by atoms with E-state index in [4.69, 9.17) is 15.7 Å². The number of fused-ring (bicyclic) bond motifs is 2. The summed E-state index contributed by atoms with van der Waals surface area (Å²) in [5.74, 6) is 1.14. The van der Waals surface area contributed by atoms with Gasteiger partial charge in [-0.1, -0.05) is 6.07 Å². The standard InChI is InChI=1S/C31H24N8O3/c32-27-22(2-1-11-33-27)29-37-25-9-8-24(28-34-12-13-35-28)36-30(25)39(29)20-5-6-21-17(15-20)3-7-23(21)38-31(42)18-4-10-26(41)19(14-18)16-40/h1-2,4-6,8-16,23,41H,3,7H2,(H2,32,33)(H,34,35)(H,38,42)/t23-/m0/s1. The van der Waals surface area contributed by atoms with Gasteiger partial charge >= 0.3 is 0 Å². The molecule has 0 spiro atoms. The minimum atomic E-state index is -0.315. The number of aldehydes is 1. The SMILES string of the molecule is Nc1ncccc1-c1nc2ccc(-c3ncc[nH]3)nc2n1-c1ccc2c(c1)CC[C@@H]2NC(=O)c1ccc(O)c(C=O)c1. The summed E-state index contributed by atoms with van der Waals surface area (Å²) in [5, 5.41) is 12.9. The van der Waals surface area contributed by atoms with Crippen molar-refractivity contribution >= 4 is 29.2 Å². The Morgan fingerprint density at radius 1 is 1.07 bits per heavy atom. The third-order valence-electron chi connectivity index (χ3n) is 7.51. The van der Waals surface area contributed by atoms with E-state index in [0.717, 1.165) is 29.7 Å². The number of aromatic amines is 1. The number of H-pyrrole nitrogens is 1. The second-order valence-corrected chi connectivity index (χ2v) is 10.0. The highest BCUT2D eigenvalue weighted by atomic mass is 16.3. The Morgan fingerprint density at radius 2 is 1.98 bits per heavy atom. The number of hydrogen-bond acceptors (Lipinski definition) is 8. The number of phenolic OH excluding ortho intramolecular Hbond substituents is 1. The van der Waals surface area contributed by atoms with Gasteiger partial charge in [0.1, 0.15) is 22.8 Å². The molecule has 1 amide bonds. The summed E-state index contributed by atoms with van der Waals surface area (Å²) < 4.78 is 1.97. The summed E-state index contributed by atoms with van der Waals surface area (Å²) in [6, 6.07) is 17.6. The van der Waals surface area contributed by atoms with E-state index in [0.29, 0.717) is 51.7 Å². The molecular formula is C31H24N8O3. The molecule has 206 valence electrons. The molecular weight excluding hydrogens is 532 g/mol. The van der Waals surface area contributed by atoms with Crippen LogP contribution in [0.15, 0.2) is 79.3 Å². The van der Waals surface area contributed by atoms with E-state index >= 15 is 0 Å². The van der Waals surface area contributed by atoms with Crippen LogP contribution in [0.25, 0.3) is 39.8 Å². The molecule has 11 heteroatoms. The molecule has 5 N–H and O–H groups in total. The second-order valence-electron chi connectivity index (χ2n) is 10.0. The average molecular weight is 557 g/mol. The Bertz CT molecular complexity index is 2000. The van der Waals surface area contributed by atoms with Gasteiger partial charge < -0.3 is 21.1 Å². The van der Waals surface area contributed by atoms with E-state index in [2.05, 4.69) is 26.3 Å². The topological polar surface area (TPSA) is 165 Å². The normalized spacial score (nSPS) is 14.1. The lowest BCUT2D eigenvalue weighted by Gasteiger charge is -2.16. The highest BCUT2D eigenvalue weighted by Gasteiger charge is 2.26. The number of benzene rings is 2. The number of nitrogens with zero attached hydrogens (tertiary/aromatic N) is 5. The summed E-state index contributed by atoms with van der Waals surface area (Å²) in [7, 11) is 0. The van der Waals surface area contributed by atoms with Gasteiger partial charge in [0.2, 0.25) is 0 Å². The predicted octanol–water partition coefficient (Wildman–Crippen LogP) is 4.39. The first-order valence-electron chi connectivity index (χ1n) is 13.3. The van der Waals surface area contributed by atoms with Crippen LogP contribution in [0, 0.1) is 0 Å². The van der Waals surface area contributed by atoms with Crippen molar-refractivity contribution in [1.29, 1.82) is 0 Å². The van der Waals surface area contributed by atoms with Crippen LogP contribution in [0.1, 0.15) is 44.3 Å². The third kappa shape index (κ3) is 4.24. The van der Waals surface area contributed by atoms with Crippen molar-refractivity contribution in [2.24, 2.45) is 0 Å². The number of nitrogens with two attached hydrogens (primary N) is 1. The molecule has 0 fully saturated rings. The van der Waals surface area contributed by atoms with Gasteiger partial charge in [-0.3, -0.25) is 14.2 Å². The van der Waals surface area contributed by atoms with Gasteiger partial charge in [-0.05, 0) is 78.6 Å². The molecule has 7 rings (SSSR count). The first-order valence-corrected chi connectivity index (χ1v) is 13.3. The van der Waals surface area contributed by atoms with Crippen LogP contribution in [0.5, 0.6) is 5.75 Å². The molecule has 0 saturated carbocycles. The molecule has 4 heterocycles. The molecule has 1 aliphatic carbocycles. The third-order valence-corrected chi connectivity index (χ3v) is 7.51. The molecule has 0 saturated heterocycles. The fourth-order valence-corrected chi connectivity index (χ4v) is 5.45. The van der Waals surface area contributed by atoms with Crippen molar-refractivity contribution in [1.82, 2.24) is 34.8 Å². The van der Waals surface area contributed by atoms with E-state index in [-0.39, 0.29) is 23.3 Å². The van der Waals surface area contributed by atoms with Crippen LogP contribution in [0.4, 0.5) is 5.82 Å². The molecule has 6 aromatic rings. The van der Waals surface area contributed by atoms with Crippen molar-refractivity contribution in [3.8, 4) is 34.3 Å². The smallest absolute Gasteiger partial charge is 0.251 e. The minimum absolute atomic E-state index is 0.0699. The van der Waals surface area contributed by atoms with E-state index in [1.165, 1.54) is 18.2 Å². The van der Waals surface area contributed by atoms with E-state index < -0.39 is 0 Å². The largest absolute Gasteiger partial charge is 0.507 e. The Balaban J connectivity index is 1.29. The van der Waals surface area contributed by atoms with E-state index in [9.17, 15) is 14.7 Å². The van der Waals surface area contributed by atoms with Gasteiger partial charge in [-0.2, -0.15) is 0 Å². The number of pyridine rings is 2. The van der Waals surface area contributed by atoms with Crippen molar-refractivity contribution < 1.29 is 14.7 Å². The van der Waals surface area contributed by atoms with Crippen LogP contribution in [-0.4, -0.2) is 46.8 Å². The zero-order chi connectivity index (χ0) is 28.8. The number of nitrogen functional groups attached to an aromatic ring is 1. The summed E-state index contributed by atoms with van der Waals surface area (Å²) in [6.07, 6.45) is 7.07. The lowest BCUT2D eigenvalue weighted by Crippen LogP contribution is -2.27. The Morgan fingerprint density at radius 3 is 2.79 bits per heavy atom. The highest BCUT2D eigenvalue weighted by molar-refractivity contribution is 5.96. The fraction of sp³-hybridized carbons (Fsp3) is 0.0968. The number of nitrogens with one attached hydrogen (secondary N) is 2. The number of aromatic hydroxyl groups is 1. The maximum absolute atomic E-state index is 13.0. The van der Waals surface area contributed by atoms with Crippen molar-refractivity contribution in [3.05, 3.63) is 102 Å². The molecule has 4 aromatic heterocycles. The number of aryl methyl sites for hydroxylation is 1. The molecule has 0 aliphatic heterocycles. The number of amides is 1. The maximum Gasteiger partial charge on any atom is 0.251 e. The first kappa shape index (κ1) is 25.1. The van der Waals surface area contributed by atoms with Crippen molar-refractivity contribution in [2.45, 2.75) is 18.9 Å². The monoisotopic (exact) mass is 556 g/mol. The quantitative estimate of drug-likeness (QED) is 0.219. The molecule has 1 atom stereocenters. The fourth-order valence-electron chi connectivity index (χ4n) is 5.45. The van der Waals surface area contributed by atoms with Gasteiger partial charge in [0.25, 0.3) is 5.91 Å². The van der Waals surface area contributed by atoms with Crippen molar-refractivity contribution in [3.63, 3.8) is 0 Å². The maximum atomic E-state index is 13.0. The van der Waals surface area contributed by atoms with E-state index in [1.54, 1.807) is 18.6 Å². The second kappa shape index (κ2) is 9.97. The zero-order valence-corrected chi connectivity index (χ0v) is 22.2. The molecule has 1 aliphatic rings. The summed E-state index contributed by atoms with van der Waals surface area (Å²) in [4.78, 5) is 45.7. The van der Waals surface area contributed by atoms with Gasteiger partial charge in [0, 0.05) is 29.8 Å². The van der Waals surface area contributed by atoms with Crippen molar-refractivity contribution in [2.75, 3.05) is 5.73 Å². The first-order chi connectivity index (χ1) is 20.5. The summed E-state index contributed by atoms with van der Waals surface area (Å²) in [5.41, 5.74) is 12.3. The van der Waals surface area contributed by atoms with E-state index in [1.807, 2.05) is 41.0 Å². The van der Waals surface area contributed by atoms with Crippen LogP contribution < -0.4 is 11.1 Å². The number of phenols is 1. The van der Waals surface area contributed by atoms with Crippen LogP contribution >= 0.6 is 0 Å². The average Bonchev–Trinajstić information content (AvgIpc) is 3.76. The molecule has 0 radical (unpaired) electrons. The Hall–Kier alpha value is -5.84. The van der Waals surface area contributed by atoms with Crippen LogP contribution in [-0.2, 0) is 6.42 Å². The highest BCUT2D eigenvalue weighted by Crippen LogP contribution is 2.36. The van der Waals surface area contributed by atoms with Gasteiger partial charge in [-0.15, -0.1) is 0 Å². The zero-order valence-electron chi connectivity index (χ0n) is 22.2. The Labute approximate surface area is 239 Å². The van der Waals surface area contributed by atoms with Gasteiger partial charge in [-0.25, -0.2) is 19.9 Å². The summed E-state index contributed by atoms with van der Waals surface area (Å²) in [6.45, 7) is 0. The number of carbonyl (C=O) groups excluding carboxylic acids is 2.